The number of esters is 1. The first-order valence-corrected chi connectivity index (χ1v) is 7.06. The van der Waals surface area contributed by atoms with Crippen LogP contribution in [-0.2, 0) is 14.3 Å². The van der Waals surface area contributed by atoms with E-state index in [1.54, 1.807) is 0 Å². The number of hydrogen-bond donors (Lipinski definition) is 0. The maximum atomic E-state index is 12.0. The van der Waals surface area contributed by atoms with E-state index in [0.29, 0.717) is 6.42 Å². The molecule has 0 aromatic heterocycles. The van der Waals surface area contributed by atoms with Crippen LogP contribution in [0.25, 0.3) is 0 Å². The molecule has 1 rings (SSSR count). The molecule has 1 saturated heterocycles. The van der Waals surface area contributed by atoms with Gasteiger partial charge in [0.2, 0.25) is 0 Å². The summed E-state index contributed by atoms with van der Waals surface area (Å²) in [6, 6.07) is 0. The van der Waals surface area contributed by atoms with E-state index in [1.807, 2.05) is 34.6 Å². The summed E-state index contributed by atoms with van der Waals surface area (Å²) >= 11 is 1.34. The van der Waals surface area contributed by atoms with Crippen LogP contribution < -0.4 is 0 Å². The lowest BCUT2D eigenvalue weighted by Crippen LogP contribution is -2.41. The zero-order valence-electron chi connectivity index (χ0n) is 11.3. The van der Waals surface area contributed by atoms with Crippen molar-refractivity contribution in [2.45, 2.75) is 53.1 Å². The van der Waals surface area contributed by atoms with Crippen molar-refractivity contribution in [2.24, 2.45) is 11.3 Å². The minimum absolute atomic E-state index is 0.136. The van der Waals surface area contributed by atoms with E-state index in [-0.39, 0.29) is 17.0 Å². The van der Waals surface area contributed by atoms with Crippen molar-refractivity contribution in [3.63, 3.8) is 0 Å². The van der Waals surface area contributed by atoms with E-state index >= 15 is 0 Å². The summed E-state index contributed by atoms with van der Waals surface area (Å²) in [4.78, 5) is 23.3. The Morgan fingerprint density at radius 3 is 2.41 bits per heavy atom. The molecule has 17 heavy (non-hydrogen) atoms. The average molecular weight is 258 g/mol. The highest BCUT2D eigenvalue weighted by atomic mass is 32.2. The van der Waals surface area contributed by atoms with Crippen molar-refractivity contribution in [2.75, 3.05) is 5.75 Å². The molecule has 1 aliphatic rings. The Kier molecular flexibility index (Phi) is 4.28. The van der Waals surface area contributed by atoms with Crippen LogP contribution in [0.3, 0.4) is 0 Å². The Balaban J connectivity index is 2.66. The lowest BCUT2D eigenvalue weighted by Gasteiger charge is -2.34. The van der Waals surface area contributed by atoms with E-state index in [9.17, 15) is 9.59 Å². The number of carbonyl (C=O) groups is 2. The number of hydrogen-bond acceptors (Lipinski definition) is 4. The summed E-state index contributed by atoms with van der Waals surface area (Å²) in [5.74, 6) is 0.719. The molecule has 0 radical (unpaired) electrons. The summed E-state index contributed by atoms with van der Waals surface area (Å²) in [7, 11) is 0. The number of rotatable bonds is 4. The maximum Gasteiger partial charge on any atom is 0.312 e. The molecule has 0 N–H and O–H groups in total. The fourth-order valence-electron chi connectivity index (χ4n) is 1.56. The molecule has 0 bridgehead atoms. The lowest BCUT2D eigenvalue weighted by molar-refractivity contribution is -0.172. The Hall–Kier alpha value is -0.510. The first-order valence-electron chi connectivity index (χ1n) is 6.08. The fraction of sp³-hybridized carbons (Fsp3) is 0.846. The molecular weight excluding hydrogens is 236 g/mol. The highest BCUT2D eigenvalue weighted by Gasteiger charge is 2.41. The smallest absolute Gasteiger partial charge is 0.312 e. The van der Waals surface area contributed by atoms with Gasteiger partial charge in [0.25, 0.3) is 0 Å². The van der Waals surface area contributed by atoms with Crippen LogP contribution in [0.5, 0.6) is 0 Å². The Labute approximate surface area is 108 Å². The van der Waals surface area contributed by atoms with E-state index in [0.717, 1.165) is 12.2 Å². The molecular formula is C13H22O3S. The summed E-state index contributed by atoms with van der Waals surface area (Å²) in [5, 5.41) is 0.203. The summed E-state index contributed by atoms with van der Waals surface area (Å²) in [6.07, 6.45) is 1.26. The predicted octanol–water partition coefficient (Wildman–Crippen LogP) is 3.02. The third kappa shape index (κ3) is 3.47. The molecule has 0 aromatic carbocycles. The summed E-state index contributed by atoms with van der Waals surface area (Å²) in [5.41, 5.74) is -1.00. The normalized spacial score (nSPS) is 21.7. The standard InChI is InChI=1S/C13H22O3S/c1-6-12(2,3)11(15)16-13(4,5)9-7-10(14)17-8-9/h9H,6-8H2,1-5H3. The van der Waals surface area contributed by atoms with Gasteiger partial charge in [0.05, 0.1) is 5.41 Å². The van der Waals surface area contributed by atoms with Gasteiger partial charge in [-0.3, -0.25) is 9.59 Å². The molecule has 1 atom stereocenters. The van der Waals surface area contributed by atoms with Crippen LogP contribution in [-0.4, -0.2) is 22.4 Å². The minimum atomic E-state index is -0.553. The molecule has 0 saturated carbocycles. The van der Waals surface area contributed by atoms with Gasteiger partial charge in [-0.25, -0.2) is 0 Å². The Morgan fingerprint density at radius 1 is 1.41 bits per heavy atom. The van der Waals surface area contributed by atoms with Gasteiger partial charge in [0.1, 0.15) is 5.60 Å². The van der Waals surface area contributed by atoms with E-state index in [2.05, 4.69) is 0 Å². The van der Waals surface area contributed by atoms with Crippen LogP contribution >= 0.6 is 11.8 Å². The van der Waals surface area contributed by atoms with Gasteiger partial charge in [-0.2, -0.15) is 0 Å². The van der Waals surface area contributed by atoms with Gasteiger partial charge in [-0.15, -0.1) is 0 Å². The predicted molar refractivity (Wildman–Crippen MR) is 69.8 cm³/mol. The zero-order valence-corrected chi connectivity index (χ0v) is 12.1. The summed E-state index contributed by atoms with van der Waals surface area (Å²) < 4.78 is 5.62. The van der Waals surface area contributed by atoms with E-state index in [1.165, 1.54) is 11.8 Å². The quantitative estimate of drug-likeness (QED) is 0.727. The second-order valence-electron chi connectivity index (χ2n) is 5.81. The monoisotopic (exact) mass is 258 g/mol. The number of ether oxygens (including phenoxy) is 1. The molecule has 0 aliphatic carbocycles. The minimum Gasteiger partial charge on any atom is -0.459 e. The first kappa shape index (κ1) is 14.6. The van der Waals surface area contributed by atoms with Gasteiger partial charge in [0, 0.05) is 18.1 Å². The largest absolute Gasteiger partial charge is 0.459 e. The zero-order chi connectivity index (χ0) is 13.3. The second kappa shape index (κ2) is 5.01. The summed E-state index contributed by atoms with van der Waals surface area (Å²) in [6.45, 7) is 9.56. The maximum absolute atomic E-state index is 12.0. The van der Waals surface area contributed by atoms with Crippen LogP contribution in [0, 0.1) is 11.3 Å². The molecule has 98 valence electrons. The Bertz CT molecular complexity index is 321. The van der Waals surface area contributed by atoms with Crippen molar-refractivity contribution in [1.29, 1.82) is 0 Å². The highest BCUT2D eigenvalue weighted by molar-refractivity contribution is 8.14. The van der Waals surface area contributed by atoms with E-state index < -0.39 is 11.0 Å². The van der Waals surface area contributed by atoms with Crippen LogP contribution in [0.15, 0.2) is 0 Å². The Morgan fingerprint density at radius 2 is 2.00 bits per heavy atom. The second-order valence-corrected chi connectivity index (χ2v) is 6.89. The molecule has 1 fully saturated rings. The third-order valence-corrected chi connectivity index (χ3v) is 4.69. The van der Waals surface area contributed by atoms with E-state index in [4.69, 9.17) is 4.74 Å². The van der Waals surface area contributed by atoms with Gasteiger partial charge in [-0.05, 0) is 34.1 Å². The molecule has 0 aromatic rings. The SMILES string of the molecule is CCC(C)(C)C(=O)OC(C)(C)C1CSC(=O)C1. The molecule has 1 heterocycles. The molecule has 3 nitrogen and oxygen atoms in total. The number of carbonyl (C=O) groups excluding carboxylic acids is 2. The van der Waals surface area contributed by atoms with Gasteiger partial charge in [-0.1, -0.05) is 18.7 Å². The van der Waals surface area contributed by atoms with Crippen molar-refractivity contribution in [1.82, 2.24) is 0 Å². The third-order valence-electron chi connectivity index (χ3n) is 3.63. The average Bonchev–Trinajstić information content (AvgIpc) is 2.65. The van der Waals surface area contributed by atoms with Crippen molar-refractivity contribution >= 4 is 22.8 Å². The molecule has 0 amide bonds. The highest BCUT2D eigenvalue weighted by Crippen LogP contribution is 2.37. The number of thioether (sulfide) groups is 1. The van der Waals surface area contributed by atoms with Crippen LogP contribution in [0.4, 0.5) is 0 Å². The molecule has 1 aliphatic heterocycles. The fourth-order valence-corrected chi connectivity index (χ4v) is 2.79. The van der Waals surface area contributed by atoms with Gasteiger partial charge in [0.15, 0.2) is 5.12 Å². The van der Waals surface area contributed by atoms with Crippen LogP contribution in [0.2, 0.25) is 0 Å². The van der Waals surface area contributed by atoms with Crippen molar-refractivity contribution in [3.8, 4) is 0 Å². The molecule has 0 spiro atoms. The molecule has 4 heteroatoms. The van der Waals surface area contributed by atoms with Crippen molar-refractivity contribution in [3.05, 3.63) is 0 Å². The lowest BCUT2D eigenvalue weighted by atomic mass is 9.87. The molecule has 1 unspecified atom stereocenters. The van der Waals surface area contributed by atoms with Gasteiger partial charge >= 0.3 is 5.97 Å². The van der Waals surface area contributed by atoms with Gasteiger partial charge < -0.3 is 4.74 Å². The van der Waals surface area contributed by atoms with Crippen LogP contribution in [0.1, 0.15) is 47.5 Å². The topological polar surface area (TPSA) is 43.4 Å². The first-order chi connectivity index (χ1) is 7.69. The van der Waals surface area contributed by atoms with Crippen molar-refractivity contribution < 1.29 is 14.3 Å².